The SMILES string of the molecule is CCC(C)c1ccc(OCC(=O)Nc2ccc(NC(=O)c3ccco3)c(OC)c2)cc1. The summed E-state index contributed by atoms with van der Waals surface area (Å²) in [5, 5.41) is 5.47. The Morgan fingerprint density at radius 3 is 2.48 bits per heavy atom. The first-order valence-corrected chi connectivity index (χ1v) is 10.1. The van der Waals surface area contributed by atoms with E-state index < -0.39 is 5.91 Å². The number of hydrogen-bond donors (Lipinski definition) is 2. The van der Waals surface area contributed by atoms with E-state index in [9.17, 15) is 9.59 Å². The van der Waals surface area contributed by atoms with Crippen molar-refractivity contribution in [1.82, 2.24) is 0 Å². The number of ether oxygens (including phenoxy) is 2. The Hall–Kier alpha value is -3.74. The van der Waals surface area contributed by atoms with Crippen LogP contribution in [0.1, 0.15) is 42.3 Å². The highest BCUT2D eigenvalue weighted by Crippen LogP contribution is 2.28. The van der Waals surface area contributed by atoms with E-state index in [4.69, 9.17) is 13.9 Å². The molecule has 7 nitrogen and oxygen atoms in total. The van der Waals surface area contributed by atoms with Crippen LogP contribution in [0.25, 0.3) is 0 Å². The maximum Gasteiger partial charge on any atom is 0.291 e. The monoisotopic (exact) mass is 422 g/mol. The third-order valence-corrected chi connectivity index (χ3v) is 4.91. The maximum absolute atomic E-state index is 12.3. The third kappa shape index (κ3) is 5.88. The number of nitrogens with one attached hydrogen (secondary N) is 2. The van der Waals surface area contributed by atoms with Crippen LogP contribution in [0.15, 0.2) is 65.3 Å². The second-order valence-electron chi connectivity index (χ2n) is 7.06. The Morgan fingerprint density at radius 1 is 1.06 bits per heavy atom. The van der Waals surface area contributed by atoms with Gasteiger partial charge in [-0.2, -0.15) is 0 Å². The zero-order valence-electron chi connectivity index (χ0n) is 17.8. The summed E-state index contributed by atoms with van der Waals surface area (Å²) in [5.41, 5.74) is 2.22. The molecule has 162 valence electrons. The van der Waals surface area contributed by atoms with Crippen LogP contribution in [0.2, 0.25) is 0 Å². The molecule has 1 unspecified atom stereocenters. The average Bonchev–Trinajstić information content (AvgIpc) is 3.33. The summed E-state index contributed by atoms with van der Waals surface area (Å²) >= 11 is 0. The van der Waals surface area contributed by atoms with Crippen LogP contribution in [-0.4, -0.2) is 25.5 Å². The van der Waals surface area contributed by atoms with Crippen LogP contribution in [0.3, 0.4) is 0 Å². The molecular weight excluding hydrogens is 396 g/mol. The van der Waals surface area contributed by atoms with E-state index in [-0.39, 0.29) is 18.3 Å². The molecule has 0 fully saturated rings. The smallest absolute Gasteiger partial charge is 0.291 e. The maximum atomic E-state index is 12.3. The van der Waals surface area contributed by atoms with Gasteiger partial charge in [-0.1, -0.05) is 26.0 Å². The third-order valence-electron chi connectivity index (χ3n) is 4.91. The number of anilines is 2. The Bertz CT molecular complexity index is 1010. The van der Waals surface area contributed by atoms with Crippen molar-refractivity contribution >= 4 is 23.2 Å². The highest BCUT2D eigenvalue weighted by molar-refractivity contribution is 6.03. The van der Waals surface area contributed by atoms with Crippen LogP contribution in [-0.2, 0) is 4.79 Å². The normalized spacial score (nSPS) is 11.5. The summed E-state index contributed by atoms with van der Waals surface area (Å²) in [6.07, 6.45) is 2.49. The molecular formula is C24H26N2O5. The first kappa shape index (κ1) is 22.0. The minimum atomic E-state index is -0.396. The van der Waals surface area contributed by atoms with Crippen molar-refractivity contribution in [2.45, 2.75) is 26.2 Å². The highest BCUT2D eigenvalue weighted by Gasteiger charge is 2.13. The summed E-state index contributed by atoms with van der Waals surface area (Å²) in [7, 11) is 1.48. The molecule has 3 aromatic rings. The molecule has 2 aromatic carbocycles. The van der Waals surface area contributed by atoms with E-state index in [2.05, 4.69) is 24.5 Å². The van der Waals surface area contributed by atoms with E-state index in [1.165, 1.54) is 18.9 Å². The van der Waals surface area contributed by atoms with Crippen molar-refractivity contribution in [2.24, 2.45) is 0 Å². The first-order valence-electron chi connectivity index (χ1n) is 10.1. The molecule has 0 aliphatic heterocycles. The molecule has 3 rings (SSSR count). The summed E-state index contributed by atoms with van der Waals surface area (Å²) in [5.74, 6) is 1.01. The van der Waals surface area contributed by atoms with E-state index in [0.29, 0.717) is 28.8 Å². The lowest BCUT2D eigenvalue weighted by atomic mass is 9.99. The predicted octanol–water partition coefficient (Wildman–Crippen LogP) is 5.07. The molecule has 0 aliphatic carbocycles. The molecule has 0 saturated heterocycles. The fraction of sp³-hybridized carbons (Fsp3) is 0.250. The quantitative estimate of drug-likeness (QED) is 0.502. The number of carbonyl (C=O) groups is 2. The van der Waals surface area contributed by atoms with Gasteiger partial charge in [0.1, 0.15) is 11.5 Å². The zero-order valence-corrected chi connectivity index (χ0v) is 17.8. The molecule has 31 heavy (non-hydrogen) atoms. The molecule has 2 amide bonds. The van der Waals surface area contributed by atoms with Crippen LogP contribution >= 0.6 is 0 Å². The zero-order chi connectivity index (χ0) is 22.2. The molecule has 2 N–H and O–H groups in total. The van der Waals surface area contributed by atoms with Crippen LogP contribution in [0.5, 0.6) is 11.5 Å². The summed E-state index contributed by atoms with van der Waals surface area (Å²) in [6.45, 7) is 4.20. The van der Waals surface area contributed by atoms with Crippen molar-refractivity contribution in [2.75, 3.05) is 24.4 Å². The van der Waals surface area contributed by atoms with Gasteiger partial charge < -0.3 is 24.5 Å². The van der Waals surface area contributed by atoms with Gasteiger partial charge in [0.25, 0.3) is 11.8 Å². The molecule has 1 atom stereocenters. The Morgan fingerprint density at radius 2 is 1.84 bits per heavy atom. The van der Waals surface area contributed by atoms with Crippen molar-refractivity contribution in [3.8, 4) is 11.5 Å². The average molecular weight is 422 g/mol. The van der Waals surface area contributed by atoms with E-state index in [1.54, 1.807) is 30.3 Å². The Balaban J connectivity index is 1.56. The lowest BCUT2D eigenvalue weighted by molar-refractivity contribution is -0.118. The Labute approximate surface area is 181 Å². The molecule has 1 heterocycles. The number of furan rings is 1. The van der Waals surface area contributed by atoms with Gasteiger partial charge >= 0.3 is 0 Å². The number of benzene rings is 2. The van der Waals surface area contributed by atoms with Gasteiger partial charge in [0, 0.05) is 11.8 Å². The minimum absolute atomic E-state index is 0.123. The molecule has 0 bridgehead atoms. The van der Waals surface area contributed by atoms with Gasteiger partial charge in [0.2, 0.25) is 0 Å². The Kier molecular flexibility index (Phi) is 7.32. The van der Waals surface area contributed by atoms with Crippen LogP contribution in [0.4, 0.5) is 11.4 Å². The standard InChI is InChI=1S/C24H26N2O5/c1-4-16(2)17-7-10-19(11-8-17)31-15-23(27)25-18-9-12-20(22(14-18)29-3)26-24(28)21-6-5-13-30-21/h5-14,16H,4,15H2,1-3H3,(H,25,27)(H,26,28). The van der Waals surface area contributed by atoms with Crippen molar-refractivity contribution in [1.29, 1.82) is 0 Å². The molecule has 0 spiro atoms. The molecule has 0 saturated carbocycles. The lowest BCUT2D eigenvalue weighted by Gasteiger charge is -2.13. The molecule has 7 heteroatoms. The van der Waals surface area contributed by atoms with Gasteiger partial charge in [0.05, 0.1) is 19.1 Å². The summed E-state index contributed by atoms with van der Waals surface area (Å²) in [4.78, 5) is 24.4. The number of amides is 2. The fourth-order valence-corrected chi connectivity index (χ4v) is 2.94. The summed E-state index contributed by atoms with van der Waals surface area (Å²) in [6, 6.07) is 15.9. The van der Waals surface area contributed by atoms with E-state index >= 15 is 0 Å². The number of rotatable bonds is 9. The predicted molar refractivity (Wildman–Crippen MR) is 119 cm³/mol. The van der Waals surface area contributed by atoms with Crippen molar-refractivity contribution in [3.63, 3.8) is 0 Å². The van der Waals surface area contributed by atoms with Crippen molar-refractivity contribution < 1.29 is 23.5 Å². The van der Waals surface area contributed by atoms with Gasteiger partial charge in [-0.3, -0.25) is 9.59 Å². The van der Waals surface area contributed by atoms with Crippen molar-refractivity contribution in [3.05, 3.63) is 72.2 Å². The molecule has 0 aliphatic rings. The van der Waals surface area contributed by atoms with Gasteiger partial charge in [-0.25, -0.2) is 0 Å². The minimum Gasteiger partial charge on any atom is -0.494 e. The second-order valence-corrected chi connectivity index (χ2v) is 7.06. The van der Waals surface area contributed by atoms with Gasteiger partial charge in [0.15, 0.2) is 12.4 Å². The van der Waals surface area contributed by atoms with E-state index in [0.717, 1.165) is 6.42 Å². The molecule has 1 aromatic heterocycles. The van der Waals surface area contributed by atoms with Gasteiger partial charge in [-0.05, 0) is 54.3 Å². The fourth-order valence-electron chi connectivity index (χ4n) is 2.94. The first-order chi connectivity index (χ1) is 15.0. The van der Waals surface area contributed by atoms with Crippen LogP contribution in [0, 0.1) is 0 Å². The lowest BCUT2D eigenvalue weighted by Crippen LogP contribution is -2.20. The highest BCUT2D eigenvalue weighted by atomic mass is 16.5. The summed E-state index contributed by atoms with van der Waals surface area (Å²) < 4.78 is 16.0. The number of carbonyl (C=O) groups excluding carboxylic acids is 2. The largest absolute Gasteiger partial charge is 0.494 e. The topological polar surface area (TPSA) is 89.8 Å². The number of methoxy groups -OCH3 is 1. The van der Waals surface area contributed by atoms with Crippen LogP contribution < -0.4 is 20.1 Å². The van der Waals surface area contributed by atoms with E-state index in [1.807, 2.05) is 24.3 Å². The molecule has 0 radical (unpaired) electrons. The second kappa shape index (κ2) is 10.3. The number of hydrogen-bond acceptors (Lipinski definition) is 5. The van der Waals surface area contributed by atoms with Gasteiger partial charge in [-0.15, -0.1) is 0 Å².